The summed E-state index contributed by atoms with van der Waals surface area (Å²) in [4.78, 5) is 4.08. The van der Waals surface area contributed by atoms with E-state index in [0.29, 0.717) is 12.2 Å². The predicted molar refractivity (Wildman–Crippen MR) is 64.4 cm³/mol. The first-order valence-corrected chi connectivity index (χ1v) is 5.92. The zero-order valence-electron chi connectivity index (χ0n) is 8.62. The molecule has 0 aromatic carbocycles. The highest BCUT2D eigenvalue weighted by atomic mass is 79.9. The number of nitrogens with zero attached hydrogens (tertiary/aromatic N) is 2. The van der Waals surface area contributed by atoms with Crippen molar-refractivity contribution in [2.45, 2.75) is 25.0 Å². The van der Waals surface area contributed by atoms with E-state index < -0.39 is 6.10 Å². The highest BCUT2D eigenvalue weighted by Crippen LogP contribution is 2.22. The Bertz CT molecular complexity index is 380. The minimum Gasteiger partial charge on any atom is -0.387 e. The Kier molecular flexibility index (Phi) is 3.58. The molecule has 86 valence electrons. The summed E-state index contributed by atoms with van der Waals surface area (Å²) in [6, 6.07) is 3.19. The van der Waals surface area contributed by atoms with Gasteiger partial charge >= 0.3 is 0 Å². The Balaban J connectivity index is 2.15. The minimum atomic E-state index is -0.649. The van der Waals surface area contributed by atoms with E-state index in [9.17, 15) is 10.3 Å². The lowest BCUT2D eigenvalue weighted by molar-refractivity contribution is 0.108. The summed E-state index contributed by atoms with van der Waals surface area (Å²) in [6.45, 7) is 0. The maximum Gasteiger partial charge on any atom is 0.152 e. The third-order valence-electron chi connectivity index (χ3n) is 2.62. The van der Waals surface area contributed by atoms with E-state index in [1.807, 2.05) is 6.08 Å². The monoisotopic (exact) mass is 284 g/mol. The van der Waals surface area contributed by atoms with Gasteiger partial charge in [0.15, 0.2) is 5.82 Å². The predicted octanol–water partition coefficient (Wildman–Crippen LogP) is 2.12. The van der Waals surface area contributed by atoms with Crippen molar-refractivity contribution in [3.8, 4) is 0 Å². The maximum atomic E-state index is 9.97. The second-order valence-electron chi connectivity index (χ2n) is 3.74. The van der Waals surface area contributed by atoms with Crippen molar-refractivity contribution in [3.63, 3.8) is 0 Å². The molecule has 0 radical (unpaired) electrons. The average Bonchev–Trinajstić information content (AvgIpc) is 2.30. The molecule has 0 fully saturated rings. The van der Waals surface area contributed by atoms with Gasteiger partial charge in [0.2, 0.25) is 0 Å². The van der Waals surface area contributed by atoms with Crippen LogP contribution in [0.3, 0.4) is 0 Å². The van der Waals surface area contributed by atoms with Crippen LogP contribution in [-0.2, 0) is 0 Å². The van der Waals surface area contributed by atoms with Crippen molar-refractivity contribution >= 4 is 21.7 Å². The molecule has 0 aliphatic heterocycles. The molecule has 0 bridgehead atoms. The van der Waals surface area contributed by atoms with Crippen molar-refractivity contribution in [1.29, 1.82) is 0 Å². The van der Waals surface area contributed by atoms with Gasteiger partial charge in [-0.15, -0.1) is 0 Å². The largest absolute Gasteiger partial charge is 0.387 e. The van der Waals surface area contributed by atoms with Crippen LogP contribution in [0.15, 0.2) is 35.0 Å². The van der Waals surface area contributed by atoms with E-state index in [2.05, 4.69) is 20.9 Å². The van der Waals surface area contributed by atoms with E-state index in [0.717, 1.165) is 16.0 Å². The first-order chi connectivity index (χ1) is 7.68. The molecule has 4 nitrogen and oxygen atoms in total. The molecule has 1 heterocycles. The summed E-state index contributed by atoms with van der Waals surface area (Å²) >= 11 is 3.28. The first-order valence-electron chi connectivity index (χ1n) is 5.13. The van der Waals surface area contributed by atoms with Gasteiger partial charge in [0, 0.05) is 10.7 Å². The second-order valence-corrected chi connectivity index (χ2v) is 4.66. The maximum absolute atomic E-state index is 9.97. The summed E-state index contributed by atoms with van der Waals surface area (Å²) in [7, 11) is 0. The average molecular weight is 285 g/mol. The molecule has 16 heavy (non-hydrogen) atoms. The number of anilines is 1. The lowest BCUT2D eigenvalue weighted by Crippen LogP contribution is -2.42. The second kappa shape index (κ2) is 4.95. The number of hydrogen-bond donors (Lipinski definition) is 2. The van der Waals surface area contributed by atoms with Crippen molar-refractivity contribution in [2.24, 2.45) is 0 Å². The van der Waals surface area contributed by atoms with Gasteiger partial charge < -0.3 is 5.11 Å². The number of aliphatic hydroxyl groups is 1. The van der Waals surface area contributed by atoms with Gasteiger partial charge in [-0.2, -0.15) is 0 Å². The van der Waals surface area contributed by atoms with E-state index >= 15 is 0 Å². The van der Waals surface area contributed by atoms with Crippen LogP contribution in [0.1, 0.15) is 12.8 Å². The van der Waals surface area contributed by atoms with Gasteiger partial charge in [0.25, 0.3) is 0 Å². The fourth-order valence-corrected chi connectivity index (χ4v) is 1.98. The molecule has 0 unspecified atom stereocenters. The van der Waals surface area contributed by atoms with Crippen LogP contribution in [-0.4, -0.2) is 27.4 Å². The third-order valence-corrected chi connectivity index (χ3v) is 3.09. The van der Waals surface area contributed by atoms with Crippen molar-refractivity contribution in [3.05, 3.63) is 35.0 Å². The highest BCUT2D eigenvalue weighted by Gasteiger charge is 2.26. The molecule has 0 amide bonds. The smallest absolute Gasteiger partial charge is 0.152 e. The number of halogens is 1. The molecular weight excluding hydrogens is 272 g/mol. The number of aromatic nitrogens is 1. The van der Waals surface area contributed by atoms with Gasteiger partial charge in [0.05, 0.1) is 12.1 Å². The number of hydroxylamine groups is 1. The summed E-state index contributed by atoms with van der Waals surface area (Å²) in [6.07, 6.45) is 6.16. The lowest BCUT2D eigenvalue weighted by Gasteiger charge is -2.31. The van der Waals surface area contributed by atoms with Crippen molar-refractivity contribution in [2.75, 3.05) is 5.06 Å². The molecule has 2 atom stereocenters. The zero-order chi connectivity index (χ0) is 11.5. The standard InChI is InChI=1S/C11H13BrN2O2/c12-8-5-6-11(13-7-8)14(16)9-3-1-2-4-10(9)15/h2,4-7,9-10,15-16H,1,3H2/t9-,10-/m1/s1. The molecule has 2 N–H and O–H groups in total. The molecule has 1 aliphatic carbocycles. The summed E-state index contributed by atoms with van der Waals surface area (Å²) in [5.41, 5.74) is 0. The SMILES string of the molecule is O[C@@H]1C=CCC[C@H]1N(O)c1ccc(Br)cn1. The molecule has 2 rings (SSSR count). The van der Waals surface area contributed by atoms with Gasteiger partial charge in [-0.05, 0) is 40.9 Å². The molecule has 0 saturated carbocycles. The Morgan fingerprint density at radius 1 is 1.44 bits per heavy atom. The molecule has 5 heteroatoms. The number of hydrogen-bond acceptors (Lipinski definition) is 4. The molecular formula is C11H13BrN2O2. The fraction of sp³-hybridized carbons (Fsp3) is 0.364. The fourth-order valence-electron chi connectivity index (χ4n) is 1.74. The van der Waals surface area contributed by atoms with Gasteiger partial charge in [0.1, 0.15) is 0 Å². The first kappa shape index (κ1) is 11.6. The van der Waals surface area contributed by atoms with Gasteiger partial charge in [-0.3, -0.25) is 5.21 Å². The number of allylic oxidation sites excluding steroid dienone is 1. The van der Waals surface area contributed by atoms with Crippen LogP contribution < -0.4 is 5.06 Å². The van der Waals surface area contributed by atoms with Crippen molar-refractivity contribution < 1.29 is 10.3 Å². The highest BCUT2D eigenvalue weighted by molar-refractivity contribution is 9.10. The topological polar surface area (TPSA) is 56.6 Å². The van der Waals surface area contributed by atoms with Crippen LogP contribution in [0.2, 0.25) is 0 Å². The molecule has 1 aromatic heterocycles. The van der Waals surface area contributed by atoms with E-state index in [-0.39, 0.29) is 6.04 Å². The number of pyridine rings is 1. The molecule has 0 saturated heterocycles. The Morgan fingerprint density at radius 3 is 2.88 bits per heavy atom. The summed E-state index contributed by atoms with van der Waals surface area (Å²) < 4.78 is 0.855. The van der Waals surface area contributed by atoms with Crippen LogP contribution in [0, 0.1) is 0 Å². The van der Waals surface area contributed by atoms with Gasteiger partial charge in [-0.1, -0.05) is 12.2 Å². The Labute approximate surface area is 102 Å². The summed E-state index contributed by atoms with van der Waals surface area (Å²) in [5, 5.41) is 20.7. The molecule has 1 aliphatic rings. The van der Waals surface area contributed by atoms with Gasteiger partial charge in [-0.25, -0.2) is 10.0 Å². The van der Waals surface area contributed by atoms with Crippen LogP contribution >= 0.6 is 15.9 Å². The Morgan fingerprint density at radius 2 is 2.25 bits per heavy atom. The molecule has 1 aromatic rings. The summed E-state index contributed by atoms with van der Waals surface area (Å²) in [5.74, 6) is 0.447. The van der Waals surface area contributed by atoms with E-state index in [4.69, 9.17) is 0 Å². The third kappa shape index (κ3) is 2.42. The Hall–Kier alpha value is -0.910. The minimum absolute atomic E-state index is 0.321. The lowest BCUT2D eigenvalue weighted by atomic mass is 9.99. The van der Waals surface area contributed by atoms with Crippen molar-refractivity contribution in [1.82, 2.24) is 4.98 Å². The van der Waals surface area contributed by atoms with Crippen LogP contribution in [0.25, 0.3) is 0 Å². The number of rotatable bonds is 2. The van der Waals surface area contributed by atoms with Crippen LogP contribution in [0.5, 0.6) is 0 Å². The zero-order valence-corrected chi connectivity index (χ0v) is 10.2. The van der Waals surface area contributed by atoms with E-state index in [1.165, 1.54) is 0 Å². The number of aliphatic hydroxyl groups excluding tert-OH is 1. The normalized spacial score (nSPS) is 24.4. The van der Waals surface area contributed by atoms with E-state index in [1.54, 1.807) is 24.4 Å². The van der Waals surface area contributed by atoms with Crippen LogP contribution in [0.4, 0.5) is 5.82 Å². The quantitative estimate of drug-likeness (QED) is 0.645. The molecule has 0 spiro atoms.